The first-order valence-corrected chi connectivity index (χ1v) is 7.44. The van der Waals surface area contributed by atoms with Gasteiger partial charge in [-0.15, -0.1) is 0 Å². The van der Waals surface area contributed by atoms with Crippen molar-refractivity contribution >= 4 is 0 Å². The largest absolute Gasteiger partial charge is 0.372 e. The normalized spacial score (nSPS) is 13.5. The highest BCUT2D eigenvalue weighted by Crippen LogP contribution is 2.18. The first kappa shape index (κ1) is 16.2. The van der Waals surface area contributed by atoms with Crippen LogP contribution in [0, 0.1) is 0 Å². The summed E-state index contributed by atoms with van der Waals surface area (Å²) in [5, 5.41) is 3.54. The number of rotatable bonds is 8. The Bertz CT molecular complexity index is 329. The summed E-state index contributed by atoms with van der Waals surface area (Å²) >= 11 is 0. The number of nitrogens with one attached hydrogen (secondary N) is 1. The third-order valence-corrected chi connectivity index (χ3v) is 3.06. The molecule has 1 atom stereocenters. The molecular formula is C17H29NO. The van der Waals surface area contributed by atoms with E-state index in [0.717, 1.165) is 19.6 Å². The average molecular weight is 263 g/mol. The molecule has 108 valence electrons. The lowest BCUT2D eigenvalue weighted by Crippen LogP contribution is -2.39. The third kappa shape index (κ3) is 7.34. The number of hydrogen-bond donors (Lipinski definition) is 1. The molecule has 0 bridgehead atoms. The standard InChI is InChI=1S/C17H29NO/c1-5-6-10-13-19-16(14-18-17(2,3)4)15-11-8-7-9-12-15/h7-9,11-12,16,18H,5-6,10,13-14H2,1-4H3. The van der Waals surface area contributed by atoms with Crippen molar-refractivity contribution in [3.8, 4) is 0 Å². The average Bonchev–Trinajstić information content (AvgIpc) is 2.38. The van der Waals surface area contributed by atoms with E-state index in [-0.39, 0.29) is 11.6 Å². The Morgan fingerprint density at radius 2 is 1.79 bits per heavy atom. The molecule has 0 aliphatic rings. The van der Waals surface area contributed by atoms with Gasteiger partial charge in [0.15, 0.2) is 0 Å². The van der Waals surface area contributed by atoms with Crippen molar-refractivity contribution in [2.45, 2.75) is 58.6 Å². The molecule has 1 unspecified atom stereocenters. The molecule has 0 amide bonds. The summed E-state index contributed by atoms with van der Waals surface area (Å²) in [6, 6.07) is 10.5. The highest BCUT2D eigenvalue weighted by Gasteiger charge is 2.16. The van der Waals surface area contributed by atoms with E-state index in [2.05, 4.69) is 63.3 Å². The van der Waals surface area contributed by atoms with Gasteiger partial charge in [0.1, 0.15) is 0 Å². The van der Waals surface area contributed by atoms with Crippen molar-refractivity contribution in [3.05, 3.63) is 35.9 Å². The molecule has 0 saturated heterocycles. The van der Waals surface area contributed by atoms with Gasteiger partial charge in [0.05, 0.1) is 6.10 Å². The van der Waals surface area contributed by atoms with Crippen molar-refractivity contribution in [2.75, 3.05) is 13.2 Å². The molecular weight excluding hydrogens is 234 g/mol. The van der Waals surface area contributed by atoms with E-state index in [9.17, 15) is 0 Å². The van der Waals surface area contributed by atoms with E-state index in [1.807, 2.05) is 0 Å². The summed E-state index contributed by atoms with van der Waals surface area (Å²) in [6.45, 7) is 10.5. The minimum absolute atomic E-state index is 0.125. The Labute approximate surface area is 118 Å². The van der Waals surface area contributed by atoms with Crippen LogP contribution >= 0.6 is 0 Å². The highest BCUT2D eigenvalue weighted by molar-refractivity contribution is 5.18. The Morgan fingerprint density at radius 3 is 2.37 bits per heavy atom. The second-order valence-electron chi connectivity index (χ2n) is 6.11. The lowest BCUT2D eigenvalue weighted by atomic mass is 10.1. The molecule has 1 aromatic rings. The van der Waals surface area contributed by atoms with Crippen LogP contribution in [0.25, 0.3) is 0 Å². The minimum atomic E-state index is 0.125. The molecule has 0 spiro atoms. The molecule has 1 rings (SSSR count). The van der Waals surface area contributed by atoms with Gasteiger partial charge in [-0.2, -0.15) is 0 Å². The molecule has 0 fully saturated rings. The summed E-state index contributed by atoms with van der Waals surface area (Å²) in [5.41, 5.74) is 1.38. The van der Waals surface area contributed by atoms with Gasteiger partial charge in [0, 0.05) is 18.7 Å². The predicted molar refractivity (Wildman–Crippen MR) is 82.4 cm³/mol. The summed E-state index contributed by atoms with van der Waals surface area (Å²) < 4.78 is 6.06. The summed E-state index contributed by atoms with van der Waals surface area (Å²) in [4.78, 5) is 0. The van der Waals surface area contributed by atoms with Gasteiger partial charge in [-0.25, -0.2) is 0 Å². The predicted octanol–water partition coefficient (Wildman–Crippen LogP) is 4.32. The van der Waals surface area contributed by atoms with Gasteiger partial charge in [-0.1, -0.05) is 50.1 Å². The van der Waals surface area contributed by atoms with Gasteiger partial charge in [-0.3, -0.25) is 0 Å². The Hall–Kier alpha value is -0.860. The van der Waals surface area contributed by atoms with E-state index >= 15 is 0 Å². The molecule has 0 aliphatic carbocycles. The molecule has 0 heterocycles. The zero-order valence-electron chi connectivity index (χ0n) is 12.9. The van der Waals surface area contributed by atoms with Crippen LogP contribution in [0.5, 0.6) is 0 Å². The molecule has 1 aromatic carbocycles. The van der Waals surface area contributed by atoms with Crippen LogP contribution in [-0.4, -0.2) is 18.7 Å². The smallest absolute Gasteiger partial charge is 0.0949 e. The fourth-order valence-electron chi connectivity index (χ4n) is 1.92. The Balaban J connectivity index is 2.53. The van der Waals surface area contributed by atoms with Crippen LogP contribution in [0.1, 0.15) is 58.6 Å². The molecule has 0 aliphatic heterocycles. The molecule has 1 N–H and O–H groups in total. The molecule has 0 radical (unpaired) electrons. The van der Waals surface area contributed by atoms with Crippen molar-refractivity contribution in [1.29, 1.82) is 0 Å². The fourth-order valence-corrected chi connectivity index (χ4v) is 1.92. The van der Waals surface area contributed by atoms with Gasteiger partial charge >= 0.3 is 0 Å². The van der Waals surface area contributed by atoms with Crippen molar-refractivity contribution in [3.63, 3.8) is 0 Å². The third-order valence-electron chi connectivity index (χ3n) is 3.06. The molecule has 0 saturated carbocycles. The summed E-state index contributed by atoms with van der Waals surface area (Å²) in [7, 11) is 0. The Kier molecular flexibility index (Phi) is 7.11. The number of benzene rings is 1. The van der Waals surface area contributed by atoms with E-state index in [1.54, 1.807) is 0 Å². The SMILES string of the molecule is CCCCCOC(CNC(C)(C)C)c1ccccc1. The maximum absolute atomic E-state index is 6.06. The lowest BCUT2D eigenvalue weighted by Gasteiger charge is -2.26. The summed E-state index contributed by atoms with van der Waals surface area (Å²) in [5.74, 6) is 0. The van der Waals surface area contributed by atoms with Crippen LogP contribution in [0.3, 0.4) is 0 Å². The first-order valence-electron chi connectivity index (χ1n) is 7.44. The lowest BCUT2D eigenvalue weighted by molar-refractivity contribution is 0.0458. The molecule has 2 nitrogen and oxygen atoms in total. The van der Waals surface area contributed by atoms with Crippen LogP contribution in [0.4, 0.5) is 0 Å². The minimum Gasteiger partial charge on any atom is -0.372 e. The van der Waals surface area contributed by atoms with Crippen LogP contribution < -0.4 is 5.32 Å². The van der Waals surface area contributed by atoms with Gasteiger partial charge in [0.25, 0.3) is 0 Å². The van der Waals surface area contributed by atoms with Gasteiger partial charge in [-0.05, 0) is 32.8 Å². The molecule has 19 heavy (non-hydrogen) atoms. The Morgan fingerprint density at radius 1 is 1.11 bits per heavy atom. The van der Waals surface area contributed by atoms with Crippen molar-refractivity contribution < 1.29 is 4.74 Å². The number of ether oxygens (including phenoxy) is 1. The maximum atomic E-state index is 6.06. The highest BCUT2D eigenvalue weighted by atomic mass is 16.5. The summed E-state index contributed by atoms with van der Waals surface area (Å²) in [6.07, 6.45) is 3.78. The number of hydrogen-bond acceptors (Lipinski definition) is 2. The van der Waals surface area contributed by atoms with Crippen LogP contribution in [0.2, 0.25) is 0 Å². The molecule has 2 heteroatoms. The van der Waals surface area contributed by atoms with E-state index in [0.29, 0.717) is 0 Å². The quantitative estimate of drug-likeness (QED) is 0.705. The van der Waals surface area contributed by atoms with Crippen molar-refractivity contribution in [1.82, 2.24) is 5.32 Å². The topological polar surface area (TPSA) is 21.3 Å². The second-order valence-corrected chi connectivity index (χ2v) is 6.11. The van der Waals surface area contributed by atoms with Crippen molar-refractivity contribution in [2.24, 2.45) is 0 Å². The van der Waals surface area contributed by atoms with E-state index in [1.165, 1.54) is 18.4 Å². The first-order chi connectivity index (χ1) is 9.03. The fraction of sp³-hybridized carbons (Fsp3) is 0.647. The van der Waals surface area contributed by atoms with Crippen LogP contribution in [0.15, 0.2) is 30.3 Å². The molecule has 0 aromatic heterocycles. The van der Waals surface area contributed by atoms with Gasteiger partial charge in [0.2, 0.25) is 0 Å². The second kappa shape index (κ2) is 8.34. The maximum Gasteiger partial charge on any atom is 0.0949 e. The zero-order valence-corrected chi connectivity index (χ0v) is 12.9. The zero-order chi connectivity index (χ0) is 14.1. The van der Waals surface area contributed by atoms with E-state index in [4.69, 9.17) is 4.74 Å². The number of unbranched alkanes of at least 4 members (excludes halogenated alkanes) is 2. The van der Waals surface area contributed by atoms with E-state index < -0.39 is 0 Å². The monoisotopic (exact) mass is 263 g/mol. The van der Waals surface area contributed by atoms with Gasteiger partial charge < -0.3 is 10.1 Å². The van der Waals surface area contributed by atoms with Crippen LogP contribution in [-0.2, 0) is 4.74 Å².